The van der Waals surface area contributed by atoms with Gasteiger partial charge in [-0.15, -0.1) is 0 Å². The topological polar surface area (TPSA) is 134 Å². The fraction of sp³-hybridized carbons (Fsp3) is 0.455. The molecule has 1 aromatic heterocycles. The summed E-state index contributed by atoms with van der Waals surface area (Å²) in [5.74, 6) is -0.107. The first-order valence-corrected chi connectivity index (χ1v) is 11.0. The molecule has 2 aromatic rings. The minimum absolute atomic E-state index is 0.0651. The third kappa shape index (κ3) is 3.53. The van der Waals surface area contributed by atoms with Gasteiger partial charge < -0.3 is 20.1 Å². The third-order valence-electron chi connectivity index (χ3n) is 6.59. The number of benzene rings is 1. The summed E-state index contributed by atoms with van der Waals surface area (Å²) in [7, 11) is 1.37. The van der Waals surface area contributed by atoms with Crippen molar-refractivity contribution in [2.45, 2.75) is 18.8 Å². The number of rotatable bonds is 3. The number of urea groups is 1. The van der Waals surface area contributed by atoms with Crippen LogP contribution >= 0.6 is 0 Å². The molecule has 3 amide bonds. The van der Waals surface area contributed by atoms with Gasteiger partial charge in [-0.3, -0.25) is 9.89 Å². The number of nitrogens with one attached hydrogen (secondary N) is 1. The second kappa shape index (κ2) is 8.49. The Balaban J connectivity index is 1.47. The lowest BCUT2D eigenvalue weighted by molar-refractivity contribution is 0.0364. The summed E-state index contributed by atoms with van der Waals surface area (Å²) in [4.78, 5) is 39.6. The SMILES string of the molecule is COC(=O)N1CCC(c2[nH]nc3c2C(=O)c2c-3cccc2N(C(N)=O)N2CCOCC2)CC1. The van der Waals surface area contributed by atoms with E-state index >= 15 is 0 Å². The maximum absolute atomic E-state index is 13.7. The molecule has 3 heterocycles. The normalized spacial score (nSPS) is 18.7. The smallest absolute Gasteiger partial charge is 0.409 e. The molecule has 174 valence electrons. The monoisotopic (exact) mass is 454 g/mol. The number of ether oxygens (including phenoxy) is 2. The van der Waals surface area contributed by atoms with Gasteiger partial charge >= 0.3 is 12.1 Å². The number of ketones is 1. The van der Waals surface area contributed by atoms with Gasteiger partial charge in [-0.1, -0.05) is 12.1 Å². The highest BCUT2D eigenvalue weighted by Crippen LogP contribution is 2.44. The number of amides is 3. The number of hydrazine groups is 1. The fourth-order valence-electron chi connectivity index (χ4n) is 5.00. The van der Waals surface area contributed by atoms with Crippen molar-refractivity contribution in [3.8, 4) is 11.3 Å². The molecular weight excluding hydrogens is 428 g/mol. The number of hydrogen-bond acceptors (Lipinski definition) is 7. The van der Waals surface area contributed by atoms with E-state index in [4.69, 9.17) is 15.2 Å². The first kappa shape index (κ1) is 21.4. The lowest BCUT2D eigenvalue weighted by Crippen LogP contribution is -2.54. The standard InChI is InChI=1S/C22H26N6O5/c1-32-22(31)26-7-5-13(6-8-26)18-17-19(25-24-18)14-3-2-4-15(16(14)20(17)29)28(21(23)30)27-9-11-33-12-10-27/h2-4,13H,5-12H2,1H3,(H2,23,30)(H,24,25). The zero-order valence-corrected chi connectivity index (χ0v) is 18.4. The van der Waals surface area contributed by atoms with Crippen molar-refractivity contribution in [2.75, 3.05) is 51.5 Å². The summed E-state index contributed by atoms with van der Waals surface area (Å²) in [6, 6.07) is 4.72. The van der Waals surface area contributed by atoms with Gasteiger partial charge in [-0.05, 0) is 18.9 Å². The molecule has 0 spiro atoms. The predicted molar refractivity (Wildman–Crippen MR) is 118 cm³/mol. The van der Waals surface area contributed by atoms with E-state index in [-0.39, 0.29) is 17.8 Å². The second-order valence-electron chi connectivity index (χ2n) is 8.34. The molecule has 2 saturated heterocycles. The minimum atomic E-state index is -0.653. The summed E-state index contributed by atoms with van der Waals surface area (Å²) >= 11 is 0. The molecule has 2 aliphatic heterocycles. The molecule has 3 aliphatic rings. The van der Waals surface area contributed by atoms with E-state index in [1.54, 1.807) is 22.0 Å². The lowest BCUT2D eigenvalue weighted by atomic mass is 9.90. The Bertz CT molecular complexity index is 1100. The van der Waals surface area contributed by atoms with E-state index < -0.39 is 6.03 Å². The molecule has 11 heteroatoms. The molecule has 1 aromatic carbocycles. The number of primary amides is 1. The van der Waals surface area contributed by atoms with Crippen molar-refractivity contribution >= 4 is 23.6 Å². The highest BCUT2D eigenvalue weighted by molar-refractivity contribution is 6.25. The van der Waals surface area contributed by atoms with Gasteiger partial charge in [0.25, 0.3) is 0 Å². The van der Waals surface area contributed by atoms with Crippen LogP contribution in [0.25, 0.3) is 11.3 Å². The minimum Gasteiger partial charge on any atom is -0.453 e. The van der Waals surface area contributed by atoms with Crippen LogP contribution in [0.1, 0.15) is 40.4 Å². The van der Waals surface area contributed by atoms with Gasteiger partial charge in [0.2, 0.25) is 0 Å². The van der Waals surface area contributed by atoms with E-state index in [2.05, 4.69) is 10.2 Å². The highest BCUT2D eigenvalue weighted by atomic mass is 16.5. The maximum Gasteiger partial charge on any atom is 0.409 e. The number of aromatic nitrogens is 2. The van der Waals surface area contributed by atoms with E-state index in [0.717, 1.165) is 5.69 Å². The Labute approximate surface area is 190 Å². The van der Waals surface area contributed by atoms with Crippen LogP contribution in [0.2, 0.25) is 0 Å². The van der Waals surface area contributed by atoms with Crippen LogP contribution in [0.4, 0.5) is 15.3 Å². The molecule has 11 nitrogen and oxygen atoms in total. The molecule has 0 bridgehead atoms. The Kier molecular flexibility index (Phi) is 5.51. The van der Waals surface area contributed by atoms with Gasteiger partial charge in [-0.25, -0.2) is 19.6 Å². The molecule has 5 rings (SSSR count). The Morgan fingerprint density at radius 1 is 1.18 bits per heavy atom. The van der Waals surface area contributed by atoms with E-state index in [9.17, 15) is 14.4 Å². The number of fused-ring (bicyclic) bond motifs is 3. The van der Waals surface area contributed by atoms with Crippen LogP contribution in [-0.2, 0) is 9.47 Å². The van der Waals surface area contributed by atoms with E-state index in [0.29, 0.717) is 80.3 Å². The summed E-state index contributed by atoms with van der Waals surface area (Å²) in [6.07, 6.45) is 1.05. The van der Waals surface area contributed by atoms with Gasteiger partial charge in [0.1, 0.15) is 5.69 Å². The number of nitrogens with zero attached hydrogens (tertiary/aromatic N) is 4. The highest BCUT2D eigenvalue weighted by Gasteiger charge is 2.39. The van der Waals surface area contributed by atoms with Gasteiger partial charge in [0.05, 0.1) is 42.8 Å². The molecule has 2 fully saturated rings. The summed E-state index contributed by atoms with van der Waals surface area (Å²) in [6.45, 7) is 3.03. The van der Waals surface area contributed by atoms with Crippen LogP contribution in [0, 0.1) is 0 Å². The number of carbonyl (C=O) groups excluding carboxylic acids is 3. The number of likely N-dealkylation sites (tertiary alicyclic amines) is 1. The quantitative estimate of drug-likeness (QED) is 0.615. The predicted octanol–water partition coefficient (Wildman–Crippen LogP) is 1.70. The molecule has 0 unspecified atom stereocenters. The number of piperidine rings is 1. The van der Waals surface area contributed by atoms with Crippen LogP contribution in [0.5, 0.6) is 0 Å². The van der Waals surface area contributed by atoms with Gasteiger partial charge in [0.15, 0.2) is 5.78 Å². The zero-order valence-electron chi connectivity index (χ0n) is 18.4. The van der Waals surface area contributed by atoms with Crippen LogP contribution < -0.4 is 10.7 Å². The fourth-order valence-corrected chi connectivity index (χ4v) is 5.00. The number of H-pyrrole nitrogens is 1. The van der Waals surface area contributed by atoms with Gasteiger partial charge in [-0.2, -0.15) is 5.10 Å². The Morgan fingerprint density at radius 3 is 2.58 bits per heavy atom. The first-order valence-electron chi connectivity index (χ1n) is 11.0. The second-order valence-corrected chi connectivity index (χ2v) is 8.34. The molecule has 33 heavy (non-hydrogen) atoms. The number of nitrogens with two attached hydrogens (primary N) is 1. The van der Waals surface area contributed by atoms with Crippen molar-refractivity contribution in [3.63, 3.8) is 0 Å². The average molecular weight is 454 g/mol. The first-order chi connectivity index (χ1) is 16.0. The Hall–Kier alpha value is -3.44. The number of aromatic amines is 1. The molecule has 1 aliphatic carbocycles. The number of methoxy groups -OCH3 is 1. The molecule has 0 radical (unpaired) electrons. The van der Waals surface area contributed by atoms with Crippen molar-refractivity contribution < 1.29 is 23.9 Å². The van der Waals surface area contributed by atoms with Gasteiger partial charge in [0, 0.05) is 37.7 Å². The molecule has 0 atom stereocenters. The van der Waals surface area contributed by atoms with Crippen LogP contribution in [0.3, 0.4) is 0 Å². The average Bonchev–Trinajstić information content (AvgIpc) is 3.39. The van der Waals surface area contributed by atoms with Crippen molar-refractivity contribution in [3.05, 3.63) is 35.0 Å². The molecule has 0 saturated carbocycles. The number of hydrogen-bond donors (Lipinski definition) is 2. The lowest BCUT2D eigenvalue weighted by Gasteiger charge is -2.36. The number of morpholine rings is 1. The maximum atomic E-state index is 13.7. The number of anilines is 1. The molecule has 3 N–H and O–H groups in total. The zero-order chi connectivity index (χ0) is 23.1. The van der Waals surface area contributed by atoms with Crippen molar-refractivity contribution in [2.24, 2.45) is 5.73 Å². The van der Waals surface area contributed by atoms with Crippen molar-refractivity contribution in [1.29, 1.82) is 0 Å². The largest absolute Gasteiger partial charge is 0.453 e. The third-order valence-corrected chi connectivity index (χ3v) is 6.59. The van der Waals surface area contributed by atoms with Crippen molar-refractivity contribution in [1.82, 2.24) is 20.1 Å². The summed E-state index contributed by atoms with van der Waals surface area (Å²) in [5.41, 5.74) is 9.22. The summed E-state index contributed by atoms with van der Waals surface area (Å²) in [5, 5.41) is 10.7. The molecular formula is C22H26N6O5. The van der Waals surface area contributed by atoms with Crippen LogP contribution in [0.15, 0.2) is 18.2 Å². The van der Waals surface area contributed by atoms with E-state index in [1.807, 2.05) is 6.07 Å². The Morgan fingerprint density at radius 2 is 1.91 bits per heavy atom. The van der Waals surface area contributed by atoms with Crippen LogP contribution in [-0.4, -0.2) is 84.5 Å². The van der Waals surface area contributed by atoms with E-state index in [1.165, 1.54) is 12.1 Å². The summed E-state index contributed by atoms with van der Waals surface area (Å²) < 4.78 is 10.2. The number of carbonyl (C=O) groups is 3.